The molecule has 1 heterocycles. The minimum atomic E-state index is 0.231. The summed E-state index contributed by atoms with van der Waals surface area (Å²) in [7, 11) is 0. The van der Waals surface area contributed by atoms with Crippen LogP contribution in [0.3, 0.4) is 0 Å². The zero-order valence-corrected chi connectivity index (χ0v) is 9.15. The predicted octanol–water partition coefficient (Wildman–Crippen LogP) is 2.75. The van der Waals surface area contributed by atoms with E-state index in [1.54, 1.807) is 36.5 Å². The summed E-state index contributed by atoms with van der Waals surface area (Å²) >= 11 is 1.47. The van der Waals surface area contributed by atoms with Crippen LogP contribution in [0.15, 0.2) is 52.5 Å². The number of nitrogens with zero attached hydrogens (tertiary/aromatic N) is 1. The molecule has 2 aromatic rings. The Labute approximate surface area is 97.2 Å². The lowest BCUT2D eigenvalue weighted by molar-refractivity contribution is 0.112. The standard InChI is InChI=1S/C12H9NO2S/c14-8-9-7-13-6-5-12(9)16-11-3-1-10(15)2-4-11/h1-8,15H. The molecule has 0 spiro atoms. The molecule has 0 saturated carbocycles. The Kier molecular flexibility index (Phi) is 3.22. The number of aromatic nitrogens is 1. The van der Waals surface area contributed by atoms with E-state index in [0.717, 1.165) is 16.1 Å². The number of aldehydes is 1. The van der Waals surface area contributed by atoms with Gasteiger partial charge < -0.3 is 5.11 Å². The van der Waals surface area contributed by atoms with Crippen molar-refractivity contribution in [1.29, 1.82) is 0 Å². The maximum absolute atomic E-state index is 10.8. The van der Waals surface area contributed by atoms with Crippen molar-refractivity contribution in [3.05, 3.63) is 48.3 Å². The van der Waals surface area contributed by atoms with Gasteiger partial charge in [0.2, 0.25) is 0 Å². The lowest BCUT2D eigenvalue weighted by atomic mass is 10.3. The summed E-state index contributed by atoms with van der Waals surface area (Å²) in [4.78, 5) is 16.5. The molecular weight excluding hydrogens is 222 g/mol. The van der Waals surface area contributed by atoms with Crippen LogP contribution in [0.5, 0.6) is 5.75 Å². The first-order chi connectivity index (χ1) is 7.79. The summed E-state index contributed by atoms with van der Waals surface area (Å²) in [5.74, 6) is 0.231. The second-order valence-electron chi connectivity index (χ2n) is 3.13. The van der Waals surface area contributed by atoms with Crippen molar-refractivity contribution in [1.82, 2.24) is 4.98 Å². The minimum absolute atomic E-state index is 0.231. The fourth-order valence-corrected chi connectivity index (χ4v) is 2.09. The first kappa shape index (κ1) is 10.7. The number of carbonyl (C=O) groups is 1. The molecule has 0 fully saturated rings. The monoisotopic (exact) mass is 231 g/mol. The van der Waals surface area contributed by atoms with Crippen LogP contribution < -0.4 is 0 Å². The third-order valence-corrected chi connectivity index (χ3v) is 3.10. The highest BCUT2D eigenvalue weighted by Crippen LogP contribution is 2.30. The van der Waals surface area contributed by atoms with Gasteiger partial charge in [-0.1, -0.05) is 11.8 Å². The molecule has 1 aromatic carbocycles. The van der Waals surface area contributed by atoms with Crippen molar-refractivity contribution in [3.63, 3.8) is 0 Å². The van der Waals surface area contributed by atoms with Crippen LogP contribution in [0, 0.1) is 0 Å². The van der Waals surface area contributed by atoms with Gasteiger partial charge >= 0.3 is 0 Å². The summed E-state index contributed by atoms with van der Waals surface area (Å²) in [5, 5.41) is 9.15. The normalized spacial score (nSPS) is 10.0. The number of phenols is 1. The predicted molar refractivity (Wildman–Crippen MR) is 61.9 cm³/mol. The van der Waals surface area contributed by atoms with E-state index in [0.29, 0.717) is 5.56 Å². The molecule has 0 atom stereocenters. The SMILES string of the molecule is O=Cc1cnccc1Sc1ccc(O)cc1. The maximum atomic E-state index is 10.8. The van der Waals surface area contributed by atoms with Crippen molar-refractivity contribution in [2.24, 2.45) is 0 Å². The third-order valence-electron chi connectivity index (χ3n) is 2.00. The summed E-state index contributed by atoms with van der Waals surface area (Å²) in [6, 6.07) is 8.62. The lowest BCUT2D eigenvalue weighted by Crippen LogP contribution is -1.86. The molecule has 0 saturated heterocycles. The molecule has 4 heteroatoms. The van der Waals surface area contributed by atoms with Crippen molar-refractivity contribution in [2.75, 3.05) is 0 Å². The quantitative estimate of drug-likeness (QED) is 0.825. The van der Waals surface area contributed by atoms with Crippen molar-refractivity contribution in [3.8, 4) is 5.75 Å². The zero-order chi connectivity index (χ0) is 11.4. The molecule has 0 aliphatic carbocycles. The molecule has 80 valence electrons. The molecule has 0 unspecified atom stereocenters. The van der Waals surface area contributed by atoms with E-state index >= 15 is 0 Å². The first-order valence-electron chi connectivity index (χ1n) is 4.65. The zero-order valence-electron chi connectivity index (χ0n) is 8.33. The summed E-state index contributed by atoms with van der Waals surface area (Å²) in [6.45, 7) is 0. The Morgan fingerprint density at radius 1 is 1.19 bits per heavy atom. The molecule has 3 nitrogen and oxygen atoms in total. The van der Waals surface area contributed by atoms with E-state index < -0.39 is 0 Å². The molecule has 0 amide bonds. The highest BCUT2D eigenvalue weighted by Gasteiger charge is 2.03. The Balaban J connectivity index is 2.26. The topological polar surface area (TPSA) is 50.2 Å². The number of hydrogen-bond acceptors (Lipinski definition) is 4. The van der Waals surface area contributed by atoms with Crippen LogP contribution in [0.2, 0.25) is 0 Å². The van der Waals surface area contributed by atoms with Crippen molar-refractivity contribution in [2.45, 2.75) is 9.79 Å². The average Bonchev–Trinajstić information content (AvgIpc) is 2.33. The minimum Gasteiger partial charge on any atom is -0.508 e. The molecule has 1 N–H and O–H groups in total. The van der Waals surface area contributed by atoms with E-state index in [1.165, 1.54) is 18.0 Å². The van der Waals surface area contributed by atoms with Gasteiger partial charge in [0.05, 0.1) is 0 Å². The molecule has 1 aromatic heterocycles. The third kappa shape index (κ3) is 2.41. The number of rotatable bonds is 3. The number of hydrogen-bond donors (Lipinski definition) is 1. The van der Waals surface area contributed by atoms with Gasteiger partial charge in [0.1, 0.15) is 5.75 Å². The first-order valence-corrected chi connectivity index (χ1v) is 5.47. The van der Waals surface area contributed by atoms with E-state index in [-0.39, 0.29) is 5.75 Å². The fourth-order valence-electron chi connectivity index (χ4n) is 1.22. The molecule has 0 aliphatic heterocycles. The van der Waals surface area contributed by atoms with E-state index in [9.17, 15) is 4.79 Å². The molecule has 0 aliphatic rings. The number of benzene rings is 1. The fraction of sp³-hybridized carbons (Fsp3) is 0. The Bertz CT molecular complexity index is 497. The van der Waals surface area contributed by atoms with Crippen LogP contribution in [-0.2, 0) is 0 Å². The van der Waals surface area contributed by atoms with E-state index in [1.807, 2.05) is 0 Å². The van der Waals surface area contributed by atoms with E-state index in [4.69, 9.17) is 5.11 Å². The van der Waals surface area contributed by atoms with Crippen LogP contribution in [0.4, 0.5) is 0 Å². The number of pyridine rings is 1. The summed E-state index contributed by atoms with van der Waals surface area (Å²) < 4.78 is 0. The molecule has 0 bridgehead atoms. The van der Waals surface area contributed by atoms with Crippen molar-refractivity contribution < 1.29 is 9.90 Å². The highest BCUT2D eigenvalue weighted by atomic mass is 32.2. The lowest BCUT2D eigenvalue weighted by Gasteiger charge is -2.03. The second-order valence-corrected chi connectivity index (χ2v) is 4.24. The number of aromatic hydroxyl groups is 1. The smallest absolute Gasteiger partial charge is 0.152 e. The van der Waals surface area contributed by atoms with Gasteiger partial charge in [0.15, 0.2) is 6.29 Å². The average molecular weight is 231 g/mol. The maximum Gasteiger partial charge on any atom is 0.152 e. The van der Waals surface area contributed by atoms with E-state index in [2.05, 4.69) is 4.98 Å². The molecular formula is C12H9NO2S. The van der Waals surface area contributed by atoms with Crippen molar-refractivity contribution >= 4 is 18.0 Å². The van der Waals surface area contributed by atoms with Gasteiger partial charge in [0.25, 0.3) is 0 Å². The summed E-state index contributed by atoms with van der Waals surface area (Å²) in [5.41, 5.74) is 0.570. The molecule has 0 radical (unpaired) electrons. The number of phenolic OH excluding ortho intramolecular Hbond substituents is 1. The van der Waals surface area contributed by atoms with Crippen LogP contribution in [-0.4, -0.2) is 16.4 Å². The van der Waals surface area contributed by atoms with Gasteiger partial charge in [-0.05, 0) is 30.3 Å². The van der Waals surface area contributed by atoms with Gasteiger partial charge in [-0.15, -0.1) is 0 Å². The largest absolute Gasteiger partial charge is 0.508 e. The Morgan fingerprint density at radius 3 is 2.62 bits per heavy atom. The van der Waals surface area contributed by atoms with Crippen LogP contribution in [0.1, 0.15) is 10.4 Å². The Hall–Kier alpha value is -1.81. The van der Waals surface area contributed by atoms with Crippen LogP contribution in [0.25, 0.3) is 0 Å². The van der Waals surface area contributed by atoms with Gasteiger partial charge in [-0.2, -0.15) is 0 Å². The second kappa shape index (κ2) is 4.81. The van der Waals surface area contributed by atoms with Gasteiger partial charge in [-0.3, -0.25) is 9.78 Å². The number of carbonyl (C=O) groups excluding carboxylic acids is 1. The molecule has 16 heavy (non-hydrogen) atoms. The summed E-state index contributed by atoms with van der Waals surface area (Å²) in [6.07, 6.45) is 3.97. The Morgan fingerprint density at radius 2 is 1.94 bits per heavy atom. The molecule has 2 rings (SSSR count). The van der Waals surface area contributed by atoms with Crippen LogP contribution >= 0.6 is 11.8 Å². The van der Waals surface area contributed by atoms with Gasteiger partial charge in [-0.25, -0.2) is 0 Å². The van der Waals surface area contributed by atoms with Gasteiger partial charge in [0, 0.05) is 27.7 Å². The highest BCUT2D eigenvalue weighted by molar-refractivity contribution is 7.99.